The number of unbranched alkanes of at least 4 members (excludes halogenated alkanes) is 3. The number of rotatable bonds is 11. The van der Waals surface area contributed by atoms with Gasteiger partial charge in [-0.25, -0.2) is 0 Å². The normalized spacial score (nSPS) is 18.0. The lowest BCUT2D eigenvalue weighted by atomic mass is 9.96. The highest BCUT2D eigenvalue weighted by Crippen LogP contribution is 2.18. The third-order valence-corrected chi connectivity index (χ3v) is 4.34. The van der Waals surface area contributed by atoms with E-state index in [1.807, 2.05) is 0 Å². The Morgan fingerprint density at radius 3 is 2.35 bits per heavy atom. The molecule has 0 atom stereocenters. The van der Waals surface area contributed by atoms with E-state index in [1.165, 1.54) is 84.2 Å². The molecule has 0 unspecified atom stereocenters. The number of nitrogens with one attached hydrogen (secondary N) is 1. The van der Waals surface area contributed by atoms with Gasteiger partial charge in [0.15, 0.2) is 0 Å². The summed E-state index contributed by atoms with van der Waals surface area (Å²) in [7, 11) is 4.39. The Labute approximate surface area is 127 Å². The van der Waals surface area contributed by atoms with Gasteiger partial charge in [0.2, 0.25) is 0 Å². The van der Waals surface area contributed by atoms with E-state index in [9.17, 15) is 0 Å². The summed E-state index contributed by atoms with van der Waals surface area (Å²) in [6, 6.07) is 0. The maximum atomic E-state index is 3.48. The van der Waals surface area contributed by atoms with Gasteiger partial charge in [-0.1, -0.05) is 19.8 Å². The first kappa shape index (κ1) is 17.9. The number of likely N-dealkylation sites (tertiary alicyclic amines) is 1. The Morgan fingerprint density at radius 2 is 1.70 bits per heavy atom. The van der Waals surface area contributed by atoms with Crippen molar-refractivity contribution in [3.8, 4) is 0 Å². The summed E-state index contributed by atoms with van der Waals surface area (Å²) in [6.07, 6.45) is 9.61. The molecule has 0 aromatic rings. The van der Waals surface area contributed by atoms with Crippen molar-refractivity contribution < 1.29 is 0 Å². The molecule has 0 saturated carbocycles. The quantitative estimate of drug-likeness (QED) is 0.588. The molecule has 1 fully saturated rings. The Balaban J connectivity index is 1.89. The lowest BCUT2D eigenvalue weighted by Crippen LogP contribution is -2.37. The van der Waals surface area contributed by atoms with Crippen LogP contribution < -0.4 is 5.32 Å². The van der Waals surface area contributed by atoms with Crippen molar-refractivity contribution in [2.24, 2.45) is 5.92 Å². The maximum Gasteiger partial charge on any atom is 0.000451 e. The Hall–Kier alpha value is -0.120. The van der Waals surface area contributed by atoms with Crippen LogP contribution in [0.3, 0.4) is 0 Å². The Bertz CT molecular complexity index is 210. The van der Waals surface area contributed by atoms with Crippen molar-refractivity contribution in [1.82, 2.24) is 15.1 Å². The van der Waals surface area contributed by atoms with Crippen LogP contribution in [0.1, 0.15) is 51.9 Å². The molecule has 1 saturated heterocycles. The largest absolute Gasteiger partial charge is 0.317 e. The fourth-order valence-corrected chi connectivity index (χ4v) is 3.15. The lowest BCUT2D eigenvalue weighted by Gasteiger charge is -2.33. The molecule has 0 bridgehead atoms. The number of nitrogens with zero attached hydrogens (tertiary/aromatic N) is 2. The van der Waals surface area contributed by atoms with Crippen LogP contribution in [-0.2, 0) is 0 Å². The van der Waals surface area contributed by atoms with E-state index in [0.717, 1.165) is 5.92 Å². The highest BCUT2D eigenvalue weighted by Gasteiger charge is 2.18. The van der Waals surface area contributed by atoms with Crippen molar-refractivity contribution >= 4 is 0 Å². The Kier molecular flexibility index (Phi) is 10.3. The van der Waals surface area contributed by atoms with Crippen molar-refractivity contribution in [1.29, 1.82) is 0 Å². The van der Waals surface area contributed by atoms with Crippen LogP contribution in [0, 0.1) is 5.92 Å². The average molecular weight is 284 g/mol. The first-order chi connectivity index (χ1) is 9.72. The van der Waals surface area contributed by atoms with E-state index in [1.54, 1.807) is 0 Å². The van der Waals surface area contributed by atoms with Crippen LogP contribution in [-0.4, -0.2) is 63.2 Å². The molecule has 1 rings (SSSR count). The standard InChI is InChI=1S/C17H37N3/c1-4-11-18-12-7-5-6-8-13-20-14-9-17(10-15-20)16-19(2)3/h17-18H,4-16H2,1-3H3. The van der Waals surface area contributed by atoms with E-state index in [0.29, 0.717) is 0 Å². The minimum Gasteiger partial charge on any atom is -0.317 e. The molecule has 1 heterocycles. The van der Waals surface area contributed by atoms with Crippen LogP contribution in [0.5, 0.6) is 0 Å². The van der Waals surface area contributed by atoms with Gasteiger partial charge in [-0.2, -0.15) is 0 Å². The smallest absolute Gasteiger partial charge is 0.000451 e. The molecule has 3 nitrogen and oxygen atoms in total. The fraction of sp³-hybridized carbons (Fsp3) is 1.00. The lowest BCUT2D eigenvalue weighted by molar-refractivity contribution is 0.160. The Morgan fingerprint density at radius 1 is 1.00 bits per heavy atom. The summed E-state index contributed by atoms with van der Waals surface area (Å²) in [4.78, 5) is 5.02. The molecule has 1 N–H and O–H groups in total. The third kappa shape index (κ3) is 8.93. The van der Waals surface area contributed by atoms with Crippen LogP contribution >= 0.6 is 0 Å². The van der Waals surface area contributed by atoms with Gasteiger partial charge in [-0.15, -0.1) is 0 Å². The second kappa shape index (κ2) is 11.5. The van der Waals surface area contributed by atoms with E-state index in [2.05, 4.69) is 36.1 Å². The molecule has 20 heavy (non-hydrogen) atoms. The van der Waals surface area contributed by atoms with Crippen molar-refractivity contribution in [3.05, 3.63) is 0 Å². The van der Waals surface area contributed by atoms with E-state index in [4.69, 9.17) is 0 Å². The summed E-state index contributed by atoms with van der Waals surface area (Å²) in [5.41, 5.74) is 0. The molecule has 0 radical (unpaired) electrons. The van der Waals surface area contributed by atoms with Crippen LogP contribution in [0.15, 0.2) is 0 Å². The first-order valence-electron chi connectivity index (χ1n) is 8.80. The van der Waals surface area contributed by atoms with Crippen molar-refractivity contribution in [2.45, 2.75) is 51.9 Å². The second-order valence-electron chi connectivity index (χ2n) is 6.71. The zero-order valence-corrected chi connectivity index (χ0v) is 14.2. The molecule has 1 aliphatic rings. The summed E-state index contributed by atoms with van der Waals surface area (Å²) in [5, 5.41) is 3.48. The van der Waals surface area contributed by atoms with Gasteiger partial charge in [0, 0.05) is 6.54 Å². The molecule has 0 aromatic carbocycles. The van der Waals surface area contributed by atoms with Gasteiger partial charge in [0.05, 0.1) is 0 Å². The molecule has 3 heteroatoms. The topological polar surface area (TPSA) is 18.5 Å². The third-order valence-electron chi connectivity index (χ3n) is 4.34. The summed E-state index contributed by atoms with van der Waals surface area (Å²) in [6.45, 7) is 9.89. The van der Waals surface area contributed by atoms with Gasteiger partial charge in [0.1, 0.15) is 0 Å². The van der Waals surface area contributed by atoms with E-state index < -0.39 is 0 Å². The molecule has 120 valence electrons. The predicted octanol–water partition coefficient (Wildman–Crippen LogP) is 2.82. The van der Waals surface area contributed by atoms with E-state index in [-0.39, 0.29) is 0 Å². The minimum atomic E-state index is 0.936. The van der Waals surface area contributed by atoms with Gasteiger partial charge in [-0.05, 0) is 84.8 Å². The first-order valence-corrected chi connectivity index (χ1v) is 8.80. The van der Waals surface area contributed by atoms with E-state index >= 15 is 0 Å². The average Bonchev–Trinajstić information content (AvgIpc) is 2.43. The summed E-state index contributed by atoms with van der Waals surface area (Å²) < 4.78 is 0. The van der Waals surface area contributed by atoms with Crippen LogP contribution in [0.4, 0.5) is 0 Å². The fourth-order valence-electron chi connectivity index (χ4n) is 3.15. The van der Waals surface area contributed by atoms with Gasteiger partial charge >= 0.3 is 0 Å². The zero-order valence-electron chi connectivity index (χ0n) is 14.2. The van der Waals surface area contributed by atoms with Gasteiger partial charge in [0.25, 0.3) is 0 Å². The van der Waals surface area contributed by atoms with Crippen LogP contribution in [0.25, 0.3) is 0 Å². The predicted molar refractivity (Wildman–Crippen MR) is 89.3 cm³/mol. The molecule has 0 aliphatic carbocycles. The summed E-state index contributed by atoms with van der Waals surface area (Å²) in [5.74, 6) is 0.936. The van der Waals surface area contributed by atoms with Crippen molar-refractivity contribution in [2.75, 3.05) is 53.4 Å². The summed E-state index contributed by atoms with van der Waals surface area (Å²) >= 11 is 0. The number of hydrogen-bond donors (Lipinski definition) is 1. The van der Waals surface area contributed by atoms with Crippen molar-refractivity contribution in [3.63, 3.8) is 0 Å². The number of hydrogen-bond acceptors (Lipinski definition) is 3. The molecular formula is C17H37N3. The zero-order chi connectivity index (χ0) is 14.6. The number of piperidine rings is 1. The van der Waals surface area contributed by atoms with Gasteiger partial charge < -0.3 is 15.1 Å². The molecule has 1 aliphatic heterocycles. The molecule has 0 aromatic heterocycles. The van der Waals surface area contributed by atoms with Gasteiger partial charge in [-0.3, -0.25) is 0 Å². The highest BCUT2D eigenvalue weighted by atomic mass is 15.1. The molecular weight excluding hydrogens is 246 g/mol. The maximum absolute atomic E-state index is 3.48. The molecule has 0 amide bonds. The minimum absolute atomic E-state index is 0.936. The monoisotopic (exact) mass is 283 g/mol. The molecule has 0 spiro atoms. The second-order valence-corrected chi connectivity index (χ2v) is 6.71. The van der Waals surface area contributed by atoms with Crippen LogP contribution in [0.2, 0.25) is 0 Å². The highest BCUT2D eigenvalue weighted by molar-refractivity contribution is 4.73. The SMILES string of the molecule is CCCNCCCCCCN1CCC(CN(C)C)CC1.